The minimum atomic E-state index is 0. The number of nitrogens with zero attached hydrogens (tertiary/aromatic N) is 4. The van der Waals surface area contributed by atoms with Gasteiger partial charge in [0.25, 0.3) is 0 Å². The molecule has 2 N–H and O–H groups in total. The number of rotatable bonds is 9. The van der Waals surface area contributed by atoms with Crippen LogP contribution in [0.5, 0.6) is 0 Å². The van der Waals surface area contributed by atoms with Gasteiger partial charge in [0.15, 0.2) is 5.96 Å². The third kappa shape index (κ3) is 7.31. The van der Waals surface area contributed by atoms with Crippen LogP contribution in [0, 0.1) is 0 Å². The molecule has 0 aliphatic carbocycles. The van der Waals surface area contributed by atoms with Crippen molar-refractivity contribution in [2.75, 3.05) is 13.1 Å². The number of carbonyl (C=O) groups is 1. The van der Waals surface area contributed by atoms with Gasteiger partial charge in [-0.05, 0) is 41.7 Å². The summed E-state index contributed by atoms with van der Waals surface area (Å²) in [5.74, 6) is 1.04. The standard InChI is InChI=1S/C26H32N6O.HI/c1-2-27-26(29-18-23-10-3-4-11-24(23)20-32-15-7-13-30-32)28-17-21-8-5-9-22(16-21)19-31-14-6-12-25(31)33;/h3-5,7-11,13,15-16H,2,6,12,14,17-20H2,1H3,(H2,27,28,29);1H. The minimum absolute atomic E-state index is 0. The van der Waals surface area contributed by atoms with Gasteiger partial charge < -0.3 is 15.5 Å². The summed E-state index contributed by atoms with van der Waals surface area (Å²) in [7, 11) is 0. The number of hydrogen-bond donors (Lipinski definition) is 2. The molecular weight excluding hydrogens is 539 g/mol. The highest BCUT2D eigenvalue weighted by atomic mass is 127. The summed E-state index contributed by atoms with van der Waals surface area (Å²) in [6.45, 7) is 6.39. The Morgan fingerprint density at radius 1 is 1.03 bits per heavy atom. The number of guanidine groups is 1. The van der Waals surface area contributed by atoms with Gasteiger partial charge in [-0.25, -0.2) is 4.99 Å². The van der Waals surface area contributed by atoms with Crippen molar-refractivity contribution >= 4 is 35.8 Å². The summed E-state index contributed by atoms with van der Waals surface area (Å²) in [4.78, 5) is 18.7. The average molecular weight is 572 g/mol. The smallest absolute Gasteiger partial charge is 0.222 e. The lowest BCUT2D eigenvalue weighted by Gasteiger charge is -2.16. The minimum Gasteiger partial charge on any atom is -0.357 e. The van der Waals surface area contributed by atoms with Crippen LogP contribution in [0.4, 0.5) is 0 Å². The topological polar surface area (TPSA) is 74.6 Å². The molecule has 4 rings (SSSR count). The predicted molar refractivity (Wildman–Crippen MR) is 146 cm³/mol. The summed E-state index contributed by atoms with van der Waals surface area (Å²) in [5, 5.41) is 11.1. The van der Waals surface area contributed by atoms with E-state index in [0.29, 0.717) is 26.1 Å². The first-order valence-electron chi connectivity index (χ1n) is 11.6. The van der Waals surface area contributed by atoms with Gasteiger partial charge in [-0.2, -0.15) is 5.10 Å². The Bertz CT molecular complexity index is 1080. The molecule has 1 aliphatic heterocycles. The number of amides is 1. The van der Waals surface area contributed by atoms with Gasteiger partial charge >= 0.3 is 0 Å². The Kier molecular flexibility index (Phi) is 9.93. The first kappa shape index (κ1) is 25.7. The zero-order chi connectivity index (χ0) is 22.9. The van der Waals surface area contributed by atoms with Crippen molar-refractivity contribution in [1.29, 1.82) is 0 Å². The van der Waals surface area contributed by atoms with Crippen molar-refractivity contribution in [3.8, 4) is 0 Å². The molecule has 0 unspecified atom stereocenters. The maximum Gasteiger partial charge on any atom is 0.222 e. The van der Waals surface area contributed by atoms with Crippen LogP contribution in [0.15, 0.2) is 72.0 Å². The van der Waals surface area contributed by atoms with E-state index in [1.807, 2.05) is 27.9 Å². The summed E-state index contributed by atoms with van der Waals surface area (Å²) in [5.41, 5.74) is 4.74. The van der Waals surface area contributed by atoms with E-state index in [1.165, 1.54) is 11.1 Å². The second-order valence-corrected chi connectivity index (χ2v) is 8.26. The van der Waals surface area contributed by atoms with Crippen LogP contribution in [0.1, 0.15) is 42.0 Å². The number of hydrogen-bond acceptors (Lipinski definition) is 3. The lowest BCUT2D eigenvalue weighted by Crippen LogP contribution is -2.37. The number of carbonyl (C=O) groups excluding carboxylic acids is 1. The number of benzene rings is 2. The highest BCUT2D eigenvalue weighted by Crippen LogP contribution is 2.16. The molecule has 1 saturated heterocycles. The van der Waals surface area contributed by atoms with Gasteiger partial charge in [0.1, 0.15) is 0 Å². The lowest BCUT2D eigenvalue weighted by atomic mass is 10.1. The summed E-state index contributed by atoms with van der Waals surface area (Å²) < 4.78 is 1.93. The van der Waals surface area contributed by atoms with Crippen molar-refractivity contribution < 1.29 is 4.79 Å². The second kappa shape index (κ2) is 13.1. The number of nitrogens with one attached hydrogen (secondary N) is 2. The predicted octanol–water partition coefficient (Wildman–Crippen LogP) is 3.93. The third-order valence-corrected chi connectivity index (χ3v) is 5.76. The third-order valence-electron chi connectivity index (χ3n) is 5.76. The summed E-state index contributed by atoms with van der Waals surface area (Å²) >= 11 is 0. The number of aliphatic imine (C=N–C) groups is 1. The molecule has 0 saturated carbocycles. The molecule has 1 amide bonds. The number of aromatic nitrogens is 2. The molecule has 7 nitrogen and oxygen atoms in total. The highest BCUT2D eigenvalue weighted by Gasteiger charge is 2.19. The van der Waals surface area contributed by atoms with Crippen molar-refractivity contribution in [2.45, 2.75) is 45.9 Å². The maximum absolute atomic E-state index is 11.9. The maximum atomic E-state index is 11.9. The molecule has 8 heteroatoms. The Labute approximate surface area is 218 Å². The first-order valence-corrected chi connectivity index (χ1v) is 11.6. The quantitative estimate of drug-likeness (QED) is 0.232. The molecule has 34 heavy (non-hydrogen) atoms. The van der Waals surface area contributed by atoms with Gasteiger partial charge in [-0.1, -0.05) is 48.5 Å². The number of likely N-dealkylation sites (tertiary alicyclic amines) is 1. The fraction of sp³-hybridized carbons (Fsp3) is 0.346. The largest absolute Gasteiger partial charge is 0.357 e. The van der Waals surface area contributed by atoms with Crippen molar-refractivity contribution in [3.05, 3.63) is 89.2 Å². The zero-order valence-corrected chi connectivity index (χ0v) is 21.9. The molecule has 0 spiro atoms. The summed E-state index contributed by atoms with van der Waals surface area (Å²) in [6, 6.07) is 18.7. The van der Waals surface area contributed by atoms with E-state index in [1.54, 1.807) is 6.20 Å². The van der Waals surface area contributed by atoms with Crippen LogP contribution >= 0.6 is 24.0 Å². The second-order valence-electron chi connectivity index (χ2n) is 8.26. The van der Waals surface area contributed by atoms with Gasteiger partial charge in [-0.15, -0.1) is 24.0 Å². The van der Waals surface area contributed by atoms with E-state index in [0.717, 1.165) is 43.1 Å². The van der Waals surface area contributed by atoms with Gasteiger partial charge in [0, 0.05) is 45.0 Å². The van der Waals surface area contributed by atoms with Crippen LogP contribution in [0.25, 0.3) is 0 Å². The summed E-state index contributed by atoms with van der Waals surface area (Å²) in [6.07, 6.45) is 5.41. The lowest BCUT2D eigenvalue weighted by molar-refractivity contribution is -0.128. The molecule has 1 aliphatic rings. The van der Waals surface area contributed by atoms with Crippen molar-refractivity contribution in [3.63, 3.8) is 0 Å². The Hall–Kier alpha value is -2.88. The van der Waals surface area contributed by atoms with E-state index in [9.17, 15) is 4.79 Å². The normalized spacial score (nSPS) is 13.6. The van der Waals surface area contributed by atoms with Crippen molar-refractivity contribution in [2.24, 2.45) is 4.99 Å². The average Bonchev–Trinajstić information content (AvgIpc) is 3.49. The van der Waals surface area contributed by atoms with Crippen LogP contribution in [0.3, 0.4) is 0 Å². The molecule has 1 fully saturated rings. The van der Waals surface area contributed by atoms with Gasteiger partial charge in [0.05, 0.1) is 13.1 Å². The highest BCUT2D eigenvalue weighted by molar-refractivity contribution is 14.0. The van der Waals surface area contributed by atoms with E-state index in [2.05, 4.69) is 65.1 Å². The van der Waals surface area contributed by atoms with Crippen LogP contribution in [0.2, 0.25) is 0 Å². The Morgan fingerprint density at radius 3 is 2.59 bits per heavy atom. The zero-order valence-electron chi connectivity index (χ0n) is 19.6. The molecule has 0 atom stereocenters. The molecule has 2 aromatic carbocycles. The molecule has 180 valence electrons. The molecule has 3 aromatic rings. The van der Waals surface area contributed by atoms with E-state index in [-0.39, 0.29) is 29.9 Å². The monoisotopic (exact) mass is 572 g/mol. The fourth-order valence-corrected chi connectivity index (χ4v) is 4.06. The first-order chi connectivity index (χ1) is 16.2. The van der Waals surface area contributed by atoms with Crippen LogP contribution < -0.4 is 10.6 Å². The Balaban J connectivity index is 0.00000324. The molecule has 0 bridgehead atoms. The number of halogens is 1. The van der Waals surface area contributed by atoms with Crippen LogP contribution in [-0.2, 0) is 31.0 Å². The van der Waals surface area contributed by atoms with E-state index >= 15 is 0 Å². The molecule has 1 aromatic heterocycles. The van der Waals surface area contributed by atoms with Crippen molar-refractivity contribution in [1.82, 2.24) is 25.3 Å². The SMILES string of the molecule is CCNC(=NCc1cccc(CN2CCCC2=O)c1)NCc1ccccc1Cn1cccn1.I. The fourth-order valence-electron chi connectivity index (χ4n) is 4.06. The van der Waals surface area contributed by atoms with Gasteiger partial charge in [-0.3, -0.25) is 9.48 Å². The molecule has 0 radical (unpaired) electrons. The van der Waals surface area contributed by atoms with Gasteiger partial charge in [0.2, 0.25) is 5.91 Å². The Morgan fingerprint density at radius 2 is 1.85 bits per heavy atom. The van der Waals surface area contributed by atoms with E-state index < -0.39 is 0 Å². The van der Waals surface area contributed by atoms with Crippen LogP contribution in [-0.4, -0.2) is 39.6 Å². The molecule has 2 heterocycles. The van der Waals surface area contributed by atoms with E-state index in [4.69, 9.17) is 4.99 Å². The molecular formula is C26H33IN6O.